The lowest BCUT2D eigenvalue weighted by Gasteiger charge is -2.30. The van der Waals surface area contributed by atoms with E-state index >= 15 is 0 Å². The Morgan fingerprint density at radius 2 is 1.71 bits per heavy atom. The van der Waals surface area contributed by atoms with Crippen LogP contribution in [-0.2, 0) is 14.3 Å². The summed E-state index contributed by atoms with van der Waals surface area (Å²) in [4.78, 5) is 39.1. The summed E-state index contributed by atoms with van der Waals surface area (Å²) in [6.45, 7) is 7.25. The lowest BCUT2D eigenvalue weighted by Crippen LogP contribution is -2.37. The summed E-state index contributed by atoms with van der Waals surface area (Å²) in [5.41, 5.74) is -0.0615. The highest BCUT2D eigenvalue weighted by Gasteiger charge is 2.29. The molecule has 0 heterocycles. The molecule has 8 nitrogen and oxygen atoms in total. The second-order valence-electron chi connectivity index (χ2n) is 7.45. The van der Waals surface area contributed by atoms with E-state index in [1.54, 1.807) is 73.1 Å². The molecular formula is C20H30N2O6. The Kier molecular flexibility index (Phi) is 8.28. The summed E-state index contributed by atoms with van der Waals surface area (Å²) in [6, 6.07) is 6.03. The number of carbonyl (C=O) groups excluding carboxylic acids is 3. The third kappa shape index (κ3) is 7.46. The Morgan fingerprint density at radius 1 is 1.07 bits per heavy atom. The van der Waals surface area contributed by atoms with E-state index in [4.69, 9.17) is 14.2 Å². The average Bonchev–Trinajstić information content (AvgIpc) is 2.58. The number of benzene rings is 1. The molecule has 0 aliphatic rings. The van der Waals surface area contributed by atoms with Gasteiger partial charge >= 0.3 is 18.2 Å². The van der Waals surface area contributed by atoms with Crippen molar-refractivity contribution in [3.63, 3.8) is 0 Å². The van der Waals surface area contributed by atoms with Crippen LogP contribution in [0.3, 0.4) is 0 Å². The Balaban J connectivity index is 3.15. The van der Waals surface area contributed by atoms with Gasteiger partial charge in [-0.15, -0.1) is 0 Å². The van der Waals surface area contributed by atoms with Gasteiger partial charge in [-0.2, -0.15) is 0 Å². The molecule has 1 aromatic carbocycles. The average molecular weight is 394 g/mol. The fraction of sp³-hybridized carbons (Fsp3) is 0.550. The maximum atomic E-state index is 12.5. The first-order chi connectivity index (χ1) is 12.9. The van der Waals surface area contributed by atoms with Crippen molar-refractivity contribution in [3.8, 4) is 5.75 Å². The van der Waals surface area contributed by atoms with Crippen LogP contribution in [0.1, 0.15) is 45.7 Å². The smallest absolute Gasteiger partial charge is 0.414 e. The van der Waals surface area contributed by atoms with Gasteiger partial charge in [0, 0.05) is 21.1 Å². The van der Waals surface area contributed by atoms with Gasteiger partial charge in [0.1, 0.15) is 11.4 Å². The summed E-state index contributed by atoms with van der Waals surface area (Å²) in [5.74, 6) is -0.138. The number of ether oxygens (including phenoxy) is 3. The molecule has 0 aromatic heterocycles. The van der Waals surface area contributed by atoms with Crippen LogP contribution in [0.4, 0.5) is 9.59 Å². The molecule has 0 fully saturated rings. The number of hydrogen-bond acceptors (Lipinski definition) is 6. The van der Waals surface area contributed by atoms with Crippen LogP contribution >= 0.6 is 0 Å². The summed E-state index contributed by atoms with van der Waals surface area (Å²) in [7, 11) is 4.70. The fourth-order valence-corrected chi connectivity index (χ4v) is 2.29. The SMILES string of the molecule is CCOC(=O)CC(c1cccc(OC(=O)N(C)C)c1)N(C)C(=O)OC(C)(C)C. The molecule has 1 aromatic rings. The maximum Gasteiger partial charge on any atom is 0.414 e. The standard InChI is InChI=1S/C20H30N2O6/c1-8-26-17(23)13-16(22(7)19(25)28-20(2,3)4)14-10-9-11-15(12-14)27-18(24)21(5)6/h9-12,16H,8,13H2,1-7H3. The molecule has 1 unspecified atom stereocenters. The van der Waals surface area contributed by atoms with Gasteiger partial charge in [-0.3, -0.25) is 4.79 Å². The first-order valence-corrected chi connectivity index (χ1v) is 9.05. The van der Waals surface area contributed by atoms with Gasteiger partial charge in [0.05, 0.1) is 19.1 Å². The first kappa shape index (κ1) is 23.3. The van der Waals surface area contributed by atoms with Crippen LogP contribution in [0, 0.1) is 0 Å². The number of esters is 1. The maximum absolute atomic E-state index is 12.5. The minimum atomic E-state index is -0.678. The normalized spacial score (nSPS) is 12.0. The Bertz CT molecular complexity index is 696. The number of hydrogen-bond donors (Lipinski definition) is 0. The van der Waals surface area contributed by atoms with E-state index in [1.165, 1.54) is 9.80 Å². The molecule has 156 valence electrons. The Labute approximate surface area is 166 Å². The van der Waals surface area contributed by atoms with Crippen LogP contribution in [0.25, 0.3) is 0 Å². The fourth-order valence-electron chi connectivity index (χ4n) is 2.29. The molecule has 0 aliphatic heterocycles. The molecule has 1 rings (SSSR count). The molecule has 2 amide bonds. The third-order valence-corrected chi connectivity index (χ3v) is 3.63. The van der Waals surface area contributed by atoms with E-state index < -0.39 is 29.8 Å². The van der Waals surface area contributed by atoms with Crippen LogP contribution in [0.2, 0.25) is 0 Å². The van der Waals surface area contributed by atoms with E-state index in [9.17, 15) is 14.4 Å². The molecule has 0 spiro atoms. The summed E-state index contributed by atoms with van der Waals surface area (Å²) >= 11 is 0. The Morgan fingerprint density at radius 3 is 2.25 bits per heavy atom. The zero-order valence-corrected chi connectivity index (χ0v) is 17.6. The predicted molar refractivity (Wildman–Crippen MR) is 104 cm³/mol. The molecule has 0 radical (unpaired) electrons. The van der Waals surface area contributed by atoms with Crippen LogP contribution < -0.4 is 4.74 Å². The second-order valence-corrected chi connectivity index (χ2v) is 7.45. The van der Waals surface area contributed by atoms with Gasteiger partial charge in [0.15, 0.2) is 0 Å². The van der Waals surface area contributed by atoms with Crippen molar-refractivity contribution >= 4 is 18.2 Å². The van der Waals surface area contributed by atoms with E-state index in [-0.39, 0.29) is 13.0 Å². The van der Waals surface area contributed by atoms with Crippen LogP contribution in [0.15, 0.2) is 24.3 Å². The van der Waals surface area contributed by atoms with Crippen molar-refractivity contribution in [2.45, 2.75) is 45.8 Å². The van der Waals surface area contributed by atoms with E-state index in [0.29, 0.717) is 11.3 Å². The van der Waals surface area contributed by atoms with Gasteiger partial charge in [-0.1, -0.05) is 12.1 Å². The van der Waals surface area contributed by atoms with Gasteiger partial charge in [0.2, 0.25) is 0 Å². The van der Waals surface area contributed by atoms with Gasteiger partial charge in [-0.05, 0) is 45.4 Å². The molecule has 0 N–H and O–H groups in total. The van der Waals surface area contributed by atoms with Gasteiger partial charge in [-0.25, -0.2) is 9.59 Å². The highest BCUT2D eigenvalue weighted by molar-refractivity contribution is 5.74. The predicted octanol–water partition coefficient (Wildman–Crippen LogP) is 3.61. The monoisotopic (exact) mass is 394 g/mol. The van der Waals surface area contributed by atoms with Crippen LogP contribution in [-0.4, -0.2) is 61.3 Å². The second kappa shape index (κ2) is 9.96. The summed E-state index contributed by atoms with van der Waals surface area (Å²) in [5, 5.41) is 0. The molecule has 8 heteroatoms. The van der Waals surface area contributed by atoms with Crippen molar-refractivity contribution in [1.29, 1.82) is 0 Å². The van der Waals surface area contributed by atoms with E-state index in [1.807, 2.05) is 0 Å². The van der Waals surface area contributed by atoms with Gasteiger partial charge < -0.3 is 24.0 Å². The summed E-state index contributed by atoms with van der Waals surface area (Å²) < 4.78 is 15.7. The number of nitrogens with zero attached hydrogens (tertiary/aromatic N) is 2. The lowest BCUT2D eigenvalue weighted by atomic mass is 10.0. The molecular weight excluding hydrogens is 364 g/mol. The summed E-state index contributed by atoms with van der Waals surface area (Å²) in [6.07, 6.45) is -1.16. The van der Waals surface area contributed by atoms with Crippen molar-refractivity contribution in [2.24, 2.45) is 0 Å². The van der Waals surface area contributed by atoms with Gasteiger partial charge in [0.25, 0.3) is 0 Å². The topological polar surface area (TPSA) is 85.4 Å². The highest BCUT2D eigenvalue weighted by atomic mass is 16.6. The number of amides is 2. The quantitative estimate of drug-likeness (QED) is 0.685. The van der Waals surface area contributed by atoms with Crippen LogP contribution in [0.5, 0.6) is 5.75 Å². The molecule has 0 saturated heterocycles. The minimum absolute atomic E-state index is 0.0609. The number of rotatable bonds is 6. The van der Waals surface area contributed by atoms with Crippen molar-refractivity contribution in [1.82, 2.24) is 9.80 Å². The molecule has 0 saturated carbocycles. The van der Waals surface area contributed by atoms with E-state index in [2.05, 4.69) is 0 Å². The zero-order valence-electron chi connectivity index (χ0n) is 17.6. The third-order valence-electron chi connectivity index (χ3n) is 3.63. The molecule has 1 atom stereocenters. The molecule has 0 aliphatic carbocycles. The van der Waals surface area contributed by atoms with Crippen molar-refractivity contribution < 1.29 is 28.6 Å². The number of carbonyl (C=O) groups is 3. The van der Waals surface area contributed by atoms with Crippen molar-refractivity contribution in [2.75, 3.05) is 27.7 Å². The van der Waals surface area contributed by atoms with Crippen molar-refractivity contribution in [3.05, 3.63) is 29.8 Å². The first-order valence-electron chi connectivity index (χ1n) is 9.05. The largest absolute Gasteiger partial charge is 0.466 e. The zero-order chi connectivity index (χ0) is 21.5. The van der Waals surface area contributed by atoms with E-state index in [0.717, 1.165) is 0 Å². The minimum Gasteiger partial charge on any atom is -0.466 e. The lowest BCUT2D eigenvalue weighted by molar-refractivity contribution is -0.144. The molecule has 0 bridgehead atoms. The Hall–Kier alpha value is -2.77. The molecule has 28 heavy (non-hydrogen) atoms. The highest BCUT2D eigenvalue weighted by Crippen LogP contribution is 2.28.